The second-order valence-corrected chi connectivity index (χ2v) is 8.59. The van der Waals surface area contributed by atoms with Crippen LogP contribution in [-0.4, -0.2) is 61.2 Å². The van der Waals surface area contributed by atoms with Gasteiger partial charge in [-0.15, -0.1) is 0 Å². The summed E-state index contributed by atoms with van der Waals surface area (Å²) < 4.78 is 3.40. The zero-order valence-corrected chi connectivity index (χ0v) is 17.3. The predicted octanol–water partition coefficient (Wildman–Crippen LogP) is 2.94. The summed E-state index contributed by atoms with van der Waals surface area (Å²) in [4.78, 5) is 4.95. The molecule has 1 aromatic heterocycles. The Morgan fingerprint density at radius 2 is 1.85 bits per heavy atom. The Morgan fingerprint density at radius 3 is 2.59 bits per heavy atom. The molecule has 2 heterocycles. The Hall–Kier alpha value is -1.89. The molecular weight excluding hydrogens is 356 g/mol. The van der Waals surface area contributed by atoms with Gasteiger partial charge < -0.3 is 14.9 Å². The molecule has 1 aliphatic heterocycles. The van der Waals surface area contributed by atoms with Crippen molar-refractivity contribution in [3.63, 3.8) is 0 Å². The number of nitrogens with one attached hydrogen (secondary N) is 1. The van der Waals surface area contributed by atoms with Crippen LogP contribution in [0.2, 0.25) is 0 Å². The van der Waals surface area contributed by atoms with E-state index in [1.807, 2.05) is 25.1 Å². The Morgan fingerprint density at radius 1 is 1.15 bits per heavy atom. The molecule has 0 aliphatic carbocycles. The monoisotopic (exact) mass is 385 g/mol. The van der Waals surface area contributed by atoms with E-state index >= 15 is 0 Å². The van der Waals surface area contributed by atoms with Gasteiger partial charge in [0.15, 0.2) is 5.52 Å². The molecular formula is C21H29N4OS+. The van der Waals surface area contributed by atoms with Gasteiger partial charge in [0.1, 0.15) is 5.75 Å². The first-order valence-corrected chi connectivity index (χ1v) is 10.6. The number of aromatic nitrogens is 1. The van der Waals surface area contributed by atoms with Crippen molar-refractivity contribution in [2.45, 2.75) is 13.3 Å². The highest BCUT2D eigenvalue weighted by molar-refractivity contribution is 7.22. The lowest BCUT2D eigenvalue weighted by molar-refractivity contribution is -0.625. The standard InChI is InChI=1S/C21H28N4OS/c1-15-19(26)17-8-5-4-7-16(17)18-20(15)27-21(24(18)3)22-9-6-10-25-13-11-23(2)12-14-25/h4-5,7-8,26H,6,9-14H2,1-3H3/p+1. The van der Waals surface area contributed by atoms with E-state index in [1.165, 1.54) is 31.7 Å². The molecule has 2 aromatic carbocycles. The number of phenolic OH excluding ortho intramolecular Hbond substituents is 1. The fourth-order valence-electron chi connectivity index (χ4n) is 3.95. The molecule has 4 rings (SSSR count). The van der Waals surface area contributed by atoms with Crippen LogP contribution in [0.15, 0.2) is 24.3 Å². The third-order valence-corrected chi connectivity index (χ3v) is 7.03. The maximum Gasteiger partial charge on any atom is 0.334 e. The van der Waals surface area contributed by atoms with E-state index < -0.39 is 0 Å². The maximum atomic E-state index is 10.6. The average molecular weight is 386 g/mol. The lowest BCUT2D eigenvalue weighted by Gasteiger charge is -2.32. The van der Waals surface area contributed by atoms with Crippen molar-refractivity contribution >= 4 is 37.5 Å². The SMILES string of the molecule is Cc1c(O)c2ccccc2c2c1sc(NCCCN1CCN(C)CC1)[n+]2C. The smallest absolute Gasteiger partial charge is 0.334 e. The van der Waals surface area contributed by atoms with Crippen molar-refractivity contribution in [1.82, 2.24) is 9.80 Å². The number of thiazole rings is 1. The predicted molar refractivity (Wildman–Crippen MR) is 114 cm³/mol. The molecule has 1 fully saturated rings. The Balaban J connectivity index is 1.50. The van der Waals surface area contributed by atoms with Crippen LogP contribution in [0.3, 0.4) is 0 Å². The quantitative estimate of drug-likeness (QED) is 0.523. The number of benzene rings is 2. The molecule has 0 saturated carbocycles. The van der Waals surface area contributed by atoms with Gasteiger partial charge >= 0.3 is 5.13 Å². The minimum Gasteiger partial charge on any atom is -0.507 e. The molecule has 2 N–H and O–H groups in total. The summed E-state index contributed by atoms with van der Waals surface area (Å²) in [5, 5.41) is 17.4. The average Bonchev–Trinajstić information content (AvgIpc) is 3.01. The topological polar surface area (TPSA) is 42.6 Å². The first-order valence-electron chi connectivity index (χ1n) is 9.74. The zero-order valence-electron chi connectivity index (χ0n) is 16.5. The van der Waals surface area contributed by atoms with E-state index in [4.69, 9.17) is 0 Å². The van der Waals surface area contributed by atoms with Gasteiger partial charge in [0.05, 0.1) is 18.3 Å². The number of fused-ring (bicyclic) bond motifs is 3. The number of rotatable bonds is 5. The summed E-state index contributed by atoms with van der Waals surface area (Å²) >= 11 is 1.74. The fourth-order valence-corrected chi connectivity index (χ4v) is 5.14. The normalized spacial score (nSPS) is 16.4. The third-order valence-electron chi connectivity index (χ3n) is 5.71. The second-order valence-electron chi connectivity index (χ2n) is 7.59. The summed E-state index contributed by atoms with van der Waals surface area (Å²) in [7, 11) is 4.31. The Bertz CT molecular complexity index is 960. The highest BCUT2D eigenvalue weighted by Crippen LogP contribution is 2.39. The number of hydrogen-bond acceptors (Lipinski definition) is 5. The van der Waals surface area contributed by atoms with Crippen LogP contribution in [0.1, 0.15) is 12.0 Å². The summed E-state index contributed by atoms with van der Waals surface area (Å²) in [6.07, 6.45) is 1.14. The van der Waals surface area contributed by atoms with Crippen molar-refractivity contribution in [2.24, 2.45) is 7.05 Å². The summed E-state index contributed by atoms with van der Waals surface area (Å²) in [6.45, 7) is 8.84. The van der Waals surface area contributed by atoms with Crippen LogP contribution in [0.4, 0.5) is 5.13 Å². The van der Waals surface area contributed by atoms with Crippen molar-refractivity contribution in [3.05, 3.63) is 29.8 Å². The first-order chi connectivity index (χ1) is 13.1. The van der Waals surface area contributed by atoms with Gasteiger partial charge in [-0.25, -0.2) is 4.57 Å². The molecule has 27 heavy (non-hydrogen) atoms. The highest BCUT2D eigenvalue weighted by atomic mass is 32.1. The van der Waals surface area contributed by atoms with Gasteiger partial charge in [-0.2, -0.15) is 0 Å². The minimum atomic E-state index is 0.404. The Labute approximate surface area is 164 Å². The van der Waals surface area contributed by atoms with Crippen LogP contribution in [0.5, 0.6) is 5.75 Å². The molecule has 1 saturated heterocycles. The molecule has 0 unspecified atom stereocenters. The second kappa shape index (κ2) is 7.62. The number of phenols is 1. The van der Waals surface area contributed by atoms with Crippen molar-refractivity contribution in [1.29, 1.82) is 0 Å². The summed E-state index contributed by atoms with van der Waals surface area (Å²) in [6, 6.07) is 8.12. The van der Waals surface area contributed by atoms with Gasteiger partial charge in [-0.1, -0.05) is 18.2 Å². The van der Waals surface area contributed by atoms with E-state index in [2.05, 4.69) is 39.8 Å². The van der Waals surface area contributed by atoms with Crippen LogP contribution >= 0.6 is 11.3 Å². The van der Waals surface area contributed by atoms with Crippen LogP contribution in [0, 0.1) is 6.92 Å². The molecule has 6 heteroatoms. The van der Waals surface area contributed by atoms with Gasteiger partial charge in [-0.05, 0) is 37.8 Å². The van der Waals surface area contributed by atoms with Gasteiger partial charge in [0.25, 0.3) is 0 Å². The maximum absolute atomic E-state index is 10.6. The van der Waals surface area contributed by atoms with Gasteiger partial charge in [0, 0.05) is 49.1 Å². The molecule has 0 amide bonds. The number of aryl methyl sites for hydroxylation is 2. The van der Waals surface area contributed by atoms with Crippen LogP contribution in [0.25, 0.3) is 21.0 Å². The minimum absolute atomic E-state index is 0.404. The molecule has 0 spiro atoms. The van der Waals surface area contributed by atoms with Crippen LogP contribution < -0.4 is 9.88 Å². The molecule has 3 aromatic rings. The lowest BCUT2D eigenvalue weighted by Crippen LogP contribution is -2.45. The van der Waals surface area contributed by atoms with E-state index in [9.17, 15) is 5.11 Å². The molecule has 144 valence electrons. The molecule has 1 aliphatic rings. The van der Waals surface area contributed by atoms with Crippen molar-refractivity contribution in [3.8, 4) is 5.75 Å². The number of anilines is 1. The molecule has 5 nitrogen and oxygen atoms in total. The first kappa shape index (κ1) is 18.5. The number of piperazine rings is 1. The van der Waals surface area contributed by atoms with Gasteiger partial charge in [-0.3, -0.25) is 5.32 Å². The Kier molecular flexibility index (Phi) is 5.21. The molecule has 0 atom stereocenters. The summed E-state index contributed by atoms with van der Waals surface area (Å²) in [5.74, 6) is 0.404. The van der Waals surface area contributed by atoms with Crippen molar-refractivity contribution < 1.29 is 9.67 Å². The number of nitrogens with zero attached hydrogens (tertiary/aromatic N) is 3. The lowest BCUT2D eigenvalue weighted by atomic mass is 10.0. The van der Waals surface area contributed by atoms with E-state index in [1.54, 1.807) is 11.3 Å². The highest BCUT2D eigenvalue weighted by Gasteiger charge is 2.22. The van der Waals surface area contributed by atoms with Crippen LogP contribution in [-0.2, 0) is 7.05 Å². The summed E-state index contributed by atoms with van der Waals surface area (Å²) in [5.41, 5.74) is 2.17. The van der Waals surface area contributed by atoms with E-state index in [0.29, 0.717) is 5.75 Å². The van der Waals surface area contributed by atoms with Gasteiger partial charge in [0.2, 0.25) is 0 Å². The largest absolute Gasteiger partial charge is 0.507 e. The molecule has 0 bridgehead atoms. The number of hydrogen-bond donors (Lipinski definition) is 2. The number of likely N-dealkylation sites (N-methyl/N-ethyl adjacent to an activating group) is 1. The zero-order chi connectivity index (χ0) is 19.0. The number of aromatic hydroxyl groups is 1. The van der Waals surface area contributed by atoms with Crippen molar-refractivity contribution in [2.75, 3.05) is 51.6 Å². The van der Waals surface area contributed by atoms with E-state index in [0.717, 1.165) is 45.7 Å². The molecule has 0 radical (unpaired) electrons. The van der Waals surface area contributed by atoms with E-state index in [-0.39, 0.29) is 0 Å². The third kappa shape index (κ3) is 3.49. The fraction of sp³-hybridized carbons (Fsp3) is 0.476.